The van der Waals surface area contributed by atoms with Crippen molar-refractivity contribution in [3.8, 4) is 0 Å². The van der Waals surface area contributed by atoms with E-state index in [0.29, 0.717) is 5.52 Å². The summed E-state index contributed by atoms with van der Waals surface area (Å²) in [6, 6.07) is 3.80. The summed E-state index contributed by atoms with van der Waals surface area (Å²) in [7, 11) is 1.49. The molecule has 5 heteroatoms. The van der Waals surface area contributed by atoms with Gasteiger partial charge in [0.05, 0.1) is 10.9 Å². The van der Waals surface area contributed by atoms with E-state index in [-0.39, 0.29) is 23.4 Å². The van der Waals surface area contributed by atoms with E-state index in [1.54, 1.807) is 0 Å². The summed E-state index contributed by atoms with van der Waals surface area (Å²) in [4.78, 5) is 15.7. The first-order valence-corrected chi connectivity index (χ1v) is 4.39. The molecule has 0 aliphatic heterocycles. The number of hydrogen-bond acceptors (Lipinski definition) is 3. The van der Waals surface area contributed by atoms with Crippen LogP contribution in [0.1, 0.15) is 5.82 Å². The second kappa shape index (κ2) is 3.43. The van der Waals surface area contributed by atoms with Crippen LogP contribution in [0.3, 0.4) is 0 Å². The zero-order valence-corrected chi connectivity index (χ0v) is 8.07. The Labute approximate surface area is 84.6 Å². The van der Waals surface area contributed by atoms with E-state index in [4.69, 9.17) is 5.11 Å². The van der Waals surface area contributed by atoms with Crippen molar-refractivity contribution in [2.75, 3.05) is 0 Å². The predicted octanol–water partition coefficient (Wildman–Crippen LogP) is 0.565. The van der Waals surface area contributed by atoms with Crippen molar-refractivity contribution < 1.29 is 9.50 Å². The number of rotatable bonds is 1. The standard InChI is InChI=1S/C10H9FN2O2/c1-13-9(5-14)12-8-3-2-6(11)4-7(8)10(13)15/h2-4,14H,5H2,1H3. The van der Waals surface area contributed by atoms with Gasteiger partial charge in [0.25, 0.3) is 5.56 Å². The molecule has 1 aromatic carbocycles. The van der Waals surface area contributed by atoms with Gasteiger partial charge in [-0.25, -0.2) is 9.37 Å². The maximum absolute atomic E-state index is 12.9. The minimum atomic E-state index is -0.474. The fourth-order valence-corrected chi connectivity index (χ4v) is 1.43. The third-order valence-corrected chi connectivity index (χ3v) is 2.27. The second-order valence-corrected chi connectivity index (χ2v) is 3.21. The van der Waals surface area contributed by atoms with Crippen molar-refractivity contribution in [2.45, 2.75) is 6.61 Å². The van der Waals surface area contributed by atoms with Crippen LogP contribution in [0.5, 0.6) is 0 Å². The highest BCUT2D eigenvalue weighted by atomic mass is 19.1. The molecule has 0 atom stereocenters. The first-order valence-electron chi connectivity index (χ1n) is 4.39. The topological polar surface area (TPSA) is 55.1 Å². The van der Waals surface area contributed by atoms with E-state index in [1.165, 1.54) is 23.7 Å². The largest absolute Gasteiger partial charge is 0.388 e. The van der Waals surface area contributed by atoms with Gasteiger partial charge in [0.15, 0.2) is 0 Å². The van der Waals surface area contributed by atoms with E-state index >= 15 is 0 Å². The number of nitrogens with zero attached hydrogens (tertiary/aromatic N) is 2. The summed E-state index contributed by atoms with van der Waals surface area (Å²) in [5.74, 6) is -0.211. The highest BCUT2D eigenvalue weighted by Crippen LogP contribution is 2.09. The Morgan fingerprint density at radius 2 is 2.27 bits per heavy atom. The summed E-state index contributed by atoms with van der Waals surface area (Å²) >= 11 is 0. The fourth-order valence-electron chi connectivity index (χ4n) is 1.43. The Kier molecular flexibility index (Phi) is 2.24. The number of aromatic nitrogens is 2. The van der Waals surface area contributed by atoms with Gasteiger partial charge in [-0.3, -0.25) is 9.36 Å². The van der Waals surface area contributed by atoms with Crippen LogP contribution in [0.2, 0.25) is 0 Å². The monoisotopic (exact) mass is 208 g/mol. The summed E-state index contributed by atoms with van der Waals surface area (Å²) in [6.45, 7) is -0.320. The van der Waals surface area contributed by atoms with Gasteiger partial charge in [0.1, 0.15) is 18.2 Å². The summed E-state index contributed by atoms with van der Waals surface area (Å²) < 4.78 is 14.1. The van der Waals surface area contributed by atoms with Crippen LogP contribution in [0.25, 0.3) is 10.9 Å². The molecule has 0 spiro atoms. The molecule has 0 saturated carbocycles. The molecule has 0 unspecified atom stereocenters. The van der Waals surface area contributed by atoms with Crippen molar-refractivity contribution in [1.29, 1.82) is 0 Å². The van der Waals surface area contributed by atoms with E-state index in [1.807, 2.05) is 0 Å². The number of benzene rings is 1. The molecular weight excluding hydrogens is 199 g/mol. The van der Waals surface area contributed by atoms with E-state index in [2.05, 4.69) is 4.98 Å². The van der Waals surface area contributed by atoms with Crippen LogP contribution in [0, 0.1) is 5.82 Å². The van der Waals surface area contributed by atoms with Gasteiger partial charge in [0.2, 0.25) is 0 Å². The number of aliphatic hydroxyl groups excluding tert-OH is 1. The molecule has 2 aromatic rings. The van der Waals surface area contributed by atoms with Crippen LogP contribution in [0.15, 0.2) is 23.0 Å². The van der Waals surface area contributed by atoms with Gasteiger partial charge in [-0.15, -0.1) is 0 Å². The maximum atomic E-state index is 12.9. The summed E-state index contributed by atoms with van der Waals surface area (Å²) in [5, 5.41) is 9.18. The van der Waals surface area contributed by atoms with E-state index in [0.717, 1.165) is 6.07 Å². The van der Waals surface area contributed by atoms with Crippen LogP contribution in [0.4, 0.5) is 4.39 Å². The highest BCUT2D eigenvalue weighted by molar-refractivity contribution is 5.77. The van der Waals surface area contributed by atoms with Crippen molar-refractivity contribution in [3.05, 3.63) is 40.2 Å². The van der Waals surface area contributed by atoms with Crippen molar-refractivity contribution in [1.82, 2.24) is 9.55 Å². The fraction of sp³-hybridized carbons (Fsp3) is 0.200. The molecule has 0 amide bonds. The van der Waals surface area contributed by atoms with Crippen LogP contribution in [-0.4, -0.2) is 14.7 Å². The Hall–Kier alpha value is -1.75. The Balaban J connectivity index is 2.91. The van der Waals surface area contributed by atoms with Crippen LogP contribution < -0.4 is 5.56 Å². The normalized spacial score (nSPS) is 10.9. The van der Waals surface area contributed by atoms with E-state index < -0.39 is 5.82 Å². The summed E-state index contributed by atoms with van der Waals surface area (Å²) in [5.41, 5.74) is 0.0344. The smallest absolute Gasteiger partial charge is 0.261 e. The minimum Gasteiger partial charge on any atom is -0.388 e. The van der Waals surface area contributed by atoms with Gasteiger partial charge < -0.3 is 5.11 Å². The Bertz CT molecular complexity index is 577. The van der Waals surface area contributed by atoms with E-state index in [9.17, 15) is 9.18 Å². The number of fused-ring (bicyclic) bond motifs is 1. The predicted molar refractivity (Wildman–Crippen MR) is 52.9 cm³/mol. The number of hydrogen-bond donors (Lipinski definition) is 1. The number of aliphatic hydroxyl groups is 1. The molecular formula is C10H9FN2O2. The molecule has 4 nitrogen and oxygen atoms in total. The zero-order chi connectivity index (χ0) is 11.0. The van der Waals surface area contributed by atoms with Gasteiger partial charge >= 0.3 is 0 Å². The first-order chi connectivity index (χ1) is 7.13. The molecule has 15 heavy (non-hydrogen) atoms. The van der Waals surface area contributed by atoms with Gasteiger partial charge in [-0.1, -0.05) is 0 Å². The molecule has 2 rings (SSSR count). The molecule has 1 aromatic heterocycles. The average Bonchev–Trinajstić information content (AvgIpc) is 2.24. The van der Waals surface area contributed by atoms with Crippen LogP contribution in [-0.2, 0) is 13.7 Å². The third kappa shape index (κ3) is 1.50. The molecule has 1 N–H and O–H groups in total. The van der Waals surface area contributed by atoms with Gasteiger partial charge in [0, 0.05) is 7.05 Å². The Morgan fingerprint density at radius 3 is 2.93 bits per heavy atom. The zero-order valence-electron chi connectivity index (χ0n) is 8.07. The molecule has 0 saturated heterocycles. The summed E-state index contributed by atoms with van der Waals surface area (Å²) in [6.07, 6.45) is 0. The molecule has 0 fully saturated rings. The Morgan fingerprint density at radius 1 is 1.53 bits per heavy atom. The van der Waals surface area contributed by atoms with Crippen LogP contribution >= 0.6 is 0 Å². The molecule has 0 radical (unpaired) electrons. The number of halogens is 1. The molecule has 0 aliphatic rings. The average molecular weight is 208 g/mol. The van der Waals surface area contributed by atoms with Crippen molar-refractivity contribution >= 4 is 10.9 Å². The minimum absolute atomic E-state index is 0.217. The van der Waals surface area contributed by atoms with Crippen molar-refractivity contribution in [2.24, 2.45) is 7.05 Å². The van der Waals surface area contributed by atoms with Crippen molar-refractivity contribution in [3.63, 3.8) is 0 Å². The third-order valence-electron chi connectivity index (χ3n) is 2.27. The lowest BCUT2D eigenvalue weighted by Crippen LogP contribution is -2.22. The highest BCUT2D eigenvalue weighted by Gasteiger charge is 2.07. The van der Waals surface area contributed by atoms with Gasteiger partial charge in [-0.05, 0) is 18.2 Å². The molecule has 0 aliphatic carbocycles. The lowest BCUT2D eigenvalue weighted by atomic mass is 10.2. The molecule has 1 heterocycles. The quantitative estimate of drug-likeness (QED) is 0.745. The first kappa shape index (κ1) is 9.79. The van der Waals surface area contributed by atoms with Gasteiger partial charge in [-0.2, -0.15) is 0 Å². The second-order valence-electron chi connectivity index (χ2n) is 3.21. The molecule has 78 valence electrons. The maximum Gasteiger partial charge on any atom is 0.261 e. The SMILES string of the molecule is Cn1c(CO)nc2ccc(F)cc2c1=O. The molecule has 0 bridgehead atoms. The lowest BCUT2D eigenvalue weighted by Gasteiger charge is -2.06. The lowest BCUT2D eigenvalue weighted by molar-refractivity contribution is 0.265.